The summed E-state index contributed by atoms with van der Waals surface area (Å²) in [6, 6.07) is 24.7. The summed E-state index contributed by atoms with van der Waals surface area (Å²) in [4.78, 5) is 27.6. The number of halogens is 1. The number of aryl methyl sites for hydroxylation is 1. The van der Waals surface area contributed by atoms with Crippen LogP contribution in [0.1, 0.15) is 16.1 Å². The molecule has 10 heteroatoms. The third kappa shape index (κ3) is 6.52. The molecule has 5 rings (SSSR count). The summed E-state index contributed by atoms with van der Waals surface area (Å²) in [6.07, 6.45) is 1.79. The van der Waals surface area contributed by atoms with Crippen LogP contribution < -0.4 is 26.6 Å². The molecule has 3 aromatic carbocycles. The van der Waals surface area contributed by atoms with Crippen LogP contribution in [-0.2, 0) is 0 Å². The van der Waals surface area contributed by atoms with Crippen molar-refractivity contribution in [2.75, 3.05) is 40.7 Å². The minimum Gasteiger partial charge on any atom is -0.378 e. The zero-order valence-electron chi connectivity index (χ0n) is 21.8. The van der Waals surface area contributed by atoms with Crippen molar-refractivity contribution in [1.82, 2.24) is 15.0 Å². The highest BCUT2D eigenvalue weighted by Crippen LogP contribution is 2.28. The van der Waals surface area contributed by atoms with Gasteiger partial charge in [0.2, 0.25) is 5.95 Å². The fraction of sp³-hybridized carbons (Fsp3) is 0.103. The van der Waals surface area contributed by atoms with E-state index in [1.165, 1.54) is 0 Å². The number of nitrogen functional groups attached to an aromatic ring is 1. The van der Waals surface area contributed by atoms with Crippen LogP contribution in [0.15, 0.2) is 85.1 Å². The van der Waals surface area contributed by atoms with E-state index < -0.39 is 0 Å². The van der Waals surface area contributed by atoms with Gasteiger partial charge in [-0.3, -0.25) is 9.78 Å². The first-order valence-corrected chi connectivity index (χ1v) is 12.1. The van der Waals surface area contributed by atoms with Crippen LogP contribution in [0.2, 0.25) is 0 Å². The molecule has 198 valence electrons. The first kappa shape index (κ1) is 27.2. The van der Waals surface area contributed by atoms with E-state index in [2.05, 4.69) is 49.1 Å². The van der Waals surface area contributed by atoms with Crippen LogP contribution in [0, 0.1) is 6.92 Å². The van der Waals surface area contributed by atoms with E-state index in [1.54, 1.807) is 18.3 Å². The van der Waals surface area contributed by atoms with E-state index in [1.807, 2.05) is 74.4 Å². The lowest BCUT2D eigenvalue weighted by molar-refractivity contribution is 0.102. The van der Waals surface area contributed by atoms with Crippen LogP contribution in [-0.4, -0.2) is 35.0 Å². The average Bonchev–Trinajstić information content (AvgIpc) is 2.89. The van der Waals surface area contributed by atoms with Crippen molar-refractivity contribution in [2.24, 2.45) is 0 Å². The topological polar surface area (TPSA) is 121 Å². The van der Waals surface area contributed by atoms with Crippen LogP contribution >= 0.6 is 12.4 Å². The molecule has 0 spiro atoms. The van der Waals surface area contributed by atoms with Crippen LogP contribution in [0.3, 0.4) is 0 Å². The van der Waals surface area contributed by atoms with E-state index in [9.17, 15) is 4.79 Å². The molecule has 0 atom stereocenters. The molecule has 0 aliphatic heterocycles. The molecular weight excluding hydrogens is 512 g/mol. The number of nitrogens with one attached hydrogen (secondary N) is 3. The maximum Gasteiger partial charge on any atom is 0.255 e. The Kier molecular flexibility index (Phi) is 8.12. The molecule has 0 saturated carbocycles. The number of anilines is 7. The molecule has 5 aromatic rings. The number of aromatic nitrogens is 3. The molecule has 0 radical (unpaired) electrons. The maximum absolute atomic E-state index is 12.8. The van der Waals surface area contributed by atoms with Crippen molar-refractivity contribution in [3.05, 3.63) is 96.3 Å². The summed E-state index contributed by atoms with van der Waals surface area (Å²) >= 11 is 0. The zero-order valence-corrected chi connectivity index (χ0v) is 22.6. The molecule has 0 saturated heterocycles. The van der Waals surface area contributed by atoms with Gasteiger partial charge in [0.05, 0.1) is 5.52 Å². The quantitative estimate of drug-likeness (QED) is 0.194. The van der Waals surface area contributed by atoms with Crippen molar-refractivity contribution in [2.45, 2.75) is 6.92 Å². The van der Waals surface area contributed by atoms with E-state index in [-0.39, 0.29) is 24.3 Å². The van der Waals surface area contributed by atoms with E-state index in [0.717, 1.165) is 39.3 Å². The molecule has 0 fully saturated rings. The van der Waals surface area contributed by atoms with Crippen molar-refractivity contribution in [3.8, 4) is 0 Å². The third-order valence-corrected chi connectivity index (χ3v) is 5.96. The molecule has 0 bridgehead atoms. The Morgan fingerprint density at radius 3 is 2.18 bits per heavy atom. The molecule has 5 N–H and O–H groups in total. The number of benzene rings is 3. The lowest BCUT2D eigenvalue weighted by Crippen LogP contribution is -2.11. The number of fused-ring (bicyclic) bond motifs is 1. The van der Waals surface area contributed by atoms with Crippen molar-refractivity contribution in [1.29, 1.82) is 0 Å². The smallest absolute Gasteiger partial charge is 0.255 e. The van der Waals surface area contributed by atoms with Gasteiger partial charge in [0.15, 0.2) is 0 Å². The van der Waals surface area contributed by atoms with Crippen LogP contribution in [0.5, 0.6) is 0 Å². The van der Waals surface area contributed by atoms with Crippen molar-refractivity contribution in [3.63, 3.8) is 0 Å². The molecule has 39 heavy (non-hydrogen) atoms. The Balaban J connectivity index is 0.00000353. The largest absolute Gasteiger partial charge is 0.378 e. The predicted octanol–water partition coefficient (Wildman–Crippen LogP) is 6.14. The van der Waals surface area contributed by atoms with Gasteiger partial charge in [0.1, 0.15) is 5.82 Å². The summed E-state index contributed by atoms with van der Waals surface area (Å²) in [5, 5.41) is 10.6. The minimum atomic E-state index is -0.193. The number of carbonyl (C=O) groups excluding carboxylic acids is 1. The van der Waals surface area contributed by atoms with E-state index >= 15 is 0 Å². The van der Waals surface area contributed by atoms with Gasteiger partial charge >= 0.3 is 0 Å². The van der Waals surface area contributed by atoms with Gasteiger partial charge < -0.3 is 26.6 Å². The van der Waals surface area contributed by atoms with Crippen LogP contribution in [0.4, 0.5) is 40.2 Å². The molecule has 2 aromatic heterocycles. The lowest BCUT2D eigenvalue weighted by atomic mass is 10.1. The fourth-order valence-corrected chi connectivity index (χ4v) is 4.03. The minimum absolute atomic E-state index is 0. The molecule has 0 aliphatic rings. The second-order valence-electron chi connectivity index (χ2n) is 9.07. The molecule has 9 nitrogen and oxygen atoms in total. The molecule has 0 aliphatic carbocycles. The normalized spacial score (nSPS) is 10.4. The number of rotatable bonds is 7. The highest BCUT2D eigenvalue weighted by atomic mass is 35.5. The highest BCUT2D eigenvalue weighted by Gasteiger charge is 2.09. The number of amides is 1. The number of carbonyl (C=O) groups is 1. The molecule has 1 amide bonds. The number of hydrogen-bond acceptors (Lipinski definition) is 8. The monoisotopic (exact) mass is 540 g/mol. The van der Waals surface area contributed by atoms with Crippen LogP contribution in [0.25, 0.3) is 10.9 Å². The van der Waals surface area contributed by atoms with E-state index in [4.69, 9.17) is 5.73 Å². The van der Waals surface area contributed by atoms with Gasteiger partial charge in [-0.25, -0.2) is 4.98 Å². The molecular formula is C29H29ClN8O. The SMILES string of the molecule is Cc1cc(Nc2ccc(NC(=O)c3ccc(Nc4ccnc5cc(N(C)C)ccc45)cc3)cc2)nc(N)n1.Cl. The second-order valence-corrected chi connectivity index (χ2v) is 9.07. The summed E-state index contributed by atoms with van der Waals surface area (Å²) in [6.45, 7) is 1.85. The zero-order chi connectivity index (χ0) is 26.6. The highest BCUT2D eigenvalue weighted by molar-refractivity contribution is 6.04. The standard InChI is InChI=1S/C29H28N8O.ClH/c1-18-16-27(36-29(30)32-18)34-21-8-10-22(11-9-21)35-28(38)19-4-6-20(7-5-19)33-25-14-15-31-26-17-23(37(2)3)12-13-24(25)26;/h4-17H,1-3H3,(H,31,33)(H,35,38)(H3,30,32,34,36);1H. The Morgan fingerprint density at radius 1 is 0.821 bits per heavy atom. The molecule has 2 heterocycles. The Labute approximate surface area is 232 Å². The Bertz CT molecular complexity index is 1580. The summed E-state index contributed by atoms with van der Waals surface area (Å²) in [5.41, 5.74) is 12.4. The number of hydrogen-bond donors (Lipinski definition) is 4. The van der Waals surface area contributed by atoms with Gasteiger partial charge in [0, 0.05) is 71.4 Å². The van der Waals surface area contributed by atoms with E-state index in [0.29, 0.717) is 17.1 Å². The molecule has 0 unspecified atom stereocenters. The summed E-state index contributed by atoms with van der Waals surface area (Å²) < 4.78 is 0. The maximum atomic E-state index is 12.8. The first-order chi connectivity index (χ1) is 18.3. The lowest BCUT2D eigenvalue weighted by Gasteiger charge is -2.14. The number of pyridine rings is 1. The Morgan fingerprint density at radius 2 is 1.49 bits per heavy atom. The van der Waals surface area contributed by atoms with Crippen molar-refractivity contribution < 1.29 is 4.79 Å². The Hall–Kier alpha value is -4.89. The number of nitrogens with zero attached hydrogens (tertiary/aromatic N) is 4. The van der Waals surface area contributed by atoms with Gasteiger partial charge in [-0.2, -0.15) is 4.98 Å². The van der Waals surface area contributed by atoms with Gasteiger partial charge in [-0.1, -0.05) is 0 Å². The fourth-order valence-electron chi connectivity index (χ4n) is 4.03. The predicted molar refractivity (Wildman–Crippen MR) is 162 cm³/mol. The van der Waals surface area contributed by atoms with Crippen molar-refractivity contribution >= 4 is 69.4 Å². The summed E-state index contributed by atoms with van der Waals surface area (Å²) in [7, 11) is 4.01. The van der Waals surface area contributed by atoms with Gasteiger partial charge in [-0.15, -0.1) is 12.4 Å². The third-order valence-electron chi connectivity index (χ3n) is 5.96. The van der Waals surface area contributed by atoms with Gasteiger partial charge in [0.25, 0.3) is 5.91 Å². The van der Waals surface area contributed by atoms with Gasteiger partial charge in [-0.05, 0) is 79.7 Å². The first-order valence-electron chi connectivity index (χ1n) is 12.1. The number of nitrogens with two attached hydrogens (primary N) is 1. The average molecular weight is 541 g/mol. The summed E-state index contributed by atoms with van der Waals surface area (Å²) in [5.74, 6) is 0.630. The second kappa shape index (κ2) is 11.7.